The monoisotopic (exact) mass is 548 g/mol. The van der Waals surface area contributed by atoms with Gasteiger partial charge < -0.3 is 28.8 Å². The van der Waals surface area contributed by atoms with E-state index in [4.69, 9.17) is 23.7 Å². The molecule has 3 aliphatic rings. The Kier molecular flexibility index (Phi) is 8.45. The smallest absolute Gasteiger partial charge is 0.334 e. The molecule has 0 saturated heterocycles. The second-order valence-corrected chi connectivity index (χ2v) is 10.8. The predicted octanol–water partition coefficient (Wildman–Crippen LogP) is 2.25. The van der Waals surface area contributed by atoms with E-state index in [1.54, 1.807) is 26.0 Å². The van der Waals surface area contributed by atoms with Crippen molar-refractivity contribution in [1.29, 1.82) is 0 Å². The van der Waals surface area contributed by atoms with Gasteiger partial charge in [0.05, 0.1) is 0 Å². The van der Waals surface area contributed by atoms with Crippen molar-refractivity contribution in [3.05, 3.63) is 34.9 Å². The Labute approximate surface area is 227 Å². The molecule has 39 heavy (non-hydrogen) atoms. The Morgan fingerprint density at radius 3 is 2.03 bits per heavy atom. The molecule has 11 heteroatoms. The number of rotatable bonds is 4. The molecule has 1 heterocycles. The van der Waals surface area contributed by atoms with Gasteiger partial charge in [0.1, 0.15) is 36.1 Å². The zero-order valence-electron chi connectivity index (χ0n) is 23.4. The van der Waals surface area contributed by atoms with Gasteiger partial charge in [0.2, 0.25) is 0 Å². The van der Waals surface area contributed by atoms with E-state index in [0.717, 1.165) is 0 Å². The van der Waals surface area contributed by atoms with Crippen molar-refractivity contribution in [2.24, 2.45) is 11.3 Å². The molecule has 0 fully saturated rings. The van der Waals surface area contributed by atoms with Crippen LogP contribution in [0.1, 0.15) is 61.8 Å². The standard InChI is InChI=1S/C28H36O11/c1-13-11-19-22(14(2)26(33)39-19)23(37-17(5)31)24-27(7,10-9-21(28(24,8)34)36-16(4)30)25(38-18(6)32)20(12-13)35-15(3)29/h9-11,19-21,23-25,34H,12H2,1-8H3/b13-11-/t19-,20+,21+,23?,24+,25-,27-,28+/m0/s1. The van der Waals surface area contributed by atoms with Crippen LogP contribution in [0.3, 0.4) is 0 Å². The van der Waals surface area contributed by atoms with Crippen LogP contribution in [-0.4, -0.2) is 71.1 Å². The first kappa shape index (κ1) is 30.1. The number of aliphatic hydroxyl groups is 1. The number of hydrogen-bond acceptors (Lipinski definition) is 11. The van der Waals surface area contributed by atoms with Gasteiger partial charge in [0, 0.05) is 56.6 Å². The van der Waals surface area contributed by atoms with Gasteiger partial charge in [-0.15, -0.1) is 0 Å². The zero-order chi connectivity index (χ0) is 29.4. The van der Waals surface area contributed by atoms with E-state index < -0.39 is 77.3 Å². The average Bonchev–Trinajstić information content (AvgIpc) is 3.04. The largest absolute Gasteiger partial charge is 0.458 e. The fourth-order valence-electron chi connectivity index (χ4n) is 6.08. The molecule has 0 aromatic heterocycles. The minimum atomic E-state index is -1.95. The van der Waals surface area contributed by atoms with Crippen molar-refractivity contribution in [1.82, 2.24) is 0 Å². The van der Waals surface area contributed by atoms with Gasteiger partial charge in [-0.2, -0.15) is 0 Å². The summed E-state index contributed by atoms with van der Waals surface area (Å²) in [6.45, 7) is 11.1. The number of carbonyl (C=O) groups excluding carboxylic acids is 5. The van der Waals surface area contributed by atoms with E-state index in [1.807, 2.05) is 0 Å². The van der Waals surface area contributed by atoms with Crippen LogP contribution in [0.15, 0.2) is 34.9 Å². The number of fused-ring (bicyclic) bond motifs is 2. The maximum atomic E-state index is 12.8. The van der Waals surface area contributed by atoms with Crippen molar-refractivity contribution in [2.45, 2.75) is 97.9 Å². The van der Waals surface area contributed by atoms with Gasteiger partial charge in [-0.05, 0) is 32.9 Å². The summed E-state index contributed by atoms with van der Waals surface area (Å²) in [5.74, 6) is -4.52. The van der Waals surface area contributed by atoms with Gasteiger partial charge in [0.25, 0.3) is 0 Å². The zero-order valence-corrected chi connectivity index (χ0v) is 23.4. The summed E-state index contributed by atoms with van der Waals surface area (Å²) in [6, 6.07) is 0. The van der Waals surface area contributed by atoms with Crippen LogP contribution in [0.25, 0.3) is 0 Å². The van der Waals surface area contributed by atoms with Gasteiger partial charge in [0.15, 0.2) is 0 Å². The lowest BCUT2D eigenvalue weighted by Gasteiger charge is -2.55. The van der Waals surface area contributed by atoms with Crippen LogP contribution in [0, 0.1) is 11.3 Å². The first-order valence-corrected chi connectivity index (χ1v) is 12.7. The molecular weight excluding hydrogens is 512 g/mol. The number of esters is 5. The first-order valence-electron chi connectivity index (χ1n) is 12.7. The summed E-state index contributed by atoms with van der Waals surface area (Å²) in [5.41, 5.74) is -2.21. The molecule has 0 saturated carbocycles. The summed E-state index contributed by atoms with van der Waals surface area (Å²) in [5, 5.41) is 12.1. The third-order valence-corrected chi connectivity index (χ3v) is 7.50. The third-order valence-electron chi connectivity index (χ3n) is 7.50. The summed E-state index contributed by atoms with van der Waals surface area (Å²) in [4.78, 5) is 61.8. The molecule has 0 amide bonds. The van der Waals surface area contributed by atoms with E-state index in [9.17, 15) is 29.1 Å². The van der Waals surface area contributed by atoms with E-state index in [1.165, 1.54) is 47.6 Å². The lowest BCUT2D eigenvalue weighted by molar-refractivity contribution is -0.214. The fourth-order valence-corrected chi connectivity index (χ4v) is 6.08. The highest BCUT2D eigenvalue weighted by atomic mass is 16.6. The second-order valence-electron chi connectivity index (χ2n) is 10.8. The predicted molar refractivity (Wildman–Crippen MR) is 135 cm³/mol. The molecule has 0 spiro atoms. The Morgan fingerprint density at radius 1 is 0.923 bits per heavy atom. The first-order chi connectivity index (χ1) is 18.0. The fraction of sp³-hybridized carbons (Fsp3) is 0.607. The van der Waals surface area contributed by atoms with Crippen LogP contribution in [-0.2, 0) is 47.7 Å². The Bertz CT molecular complexity index is 1160. The van der Waals surface area contributed by atoms with Crippen LogP contribution >= 0.6 is 0 Å². The molecule has 0 bridgehead atoms. The van der Waals surface area contributed by atoms with Crippen molar-refractivity contribution in [2.75, 3.05) is 0 Å². The second kappa shape index (κ2) is 11.0. The molecule has 1 unspecified atom stereocenters. The van der Waals surface area contributed by atoms with E-state index in [-0.39, 0.29) is 12.0 Å². The van der Waals surface area contributed by atoms with Crippen LogP contribution in [0.2, 0.25) is 0 Å². The maximum absolute atomic E-state index is 12.8. The van der Waals surface area contributed by atoms with Crippen LogP contribution < -0.4 is 0 Å². The van der Waals surface area contributed by atoms with E-state index >= 15 is 0 Å². The highest BCUT2D eigenvalue weighted by Gasteiger charge is 2.63. The topological polar surface area (TPSA) is 152 Å². The normalized spacial score (nSPS) is 37.4. The molecule has 2 aliphatic carbocycles. The molecule has 0 aromatic carbocycles. The Balaban J connectivity index is 2.44. The molecule has 1 N–H and O–H groups in total. The quantitative estimate of drug-likeness (QED) is 0.313. The number of ether oxygens (including phenoxy) is 5. The van der Waals surface area contributed by atoms with Crippen LogP contribution in [0.5, 0.6) is 0 Å². The molecule has 0 radical (unpaired) electrons. The molecule has 3 rings (SSSR count). The van der Waals surface area contributed by atoms with Crippen molar-refractivity contribution >= 4 is 29.8 Å². The van der Waals surface area contributed by atoms with Crippen molar-refractivity contribution in [3.63, 3.8) is 0 Å². The van der Waals surface area contributed by atoms with Gasteiger partial charge in [-0.1, -0.05) is 18.6 Å². The van der Waals surface area contributed by atoms with E-state index in [2.05, 4.69) is 0 Å². The summed E-state index contributed by atoms with van der Waals surface area (Å²) in [7, 11) is 0. The van der Waals surface area contributed by atoms with Crippen LogP contribution in [0.4, 0.5) is 0 Å². The molecule has 8 atom stereocenters. The summed E-state index contributed by atoms with van der Waals surface area (Å²) >= 11 is 0. The third kappa shape index (κ3) is 5.93. The van der Waals surface area contributed by atoms with E-state index in [0.29, 0.717) is 11.1 Å². The Morgan fingerprint density at radius 2 is 1.49 bits per heavy atom. The average molecular weight is 549 g/mol. The Hall–Kier alpha value is -3.47. The van der Waals surface area contributed by atoms with Crippen molar-refractivity contribution < 1.29 is 52.8 Å². The van der Waals surface area contributed by atoms with Gasteiger partial charge in [-0.25, -0.2) is 4.79 Å². The minimum Gasteiger partial charge on any atom is -0.458 e. The maximum Gasteiger partial charge on any atom is 0.334 e. The lowest BCUT2D eigenvalue weighted by Crippen LogP contribution is -2.65. The lowest BCUT2D eigenvalue weighted by atomic mass is 9.56. The molecular formula is C28H36O11. The minimum absolute atomic E-state index is 0.0990. The SMILES string of the molecule is CC(=O)OC1C2=C(C)C(=O)O[C@H]2/C=C(/C)C[C@@H](OC(C)=O)[C@H](OC(C)=O)[C@@]2(C)C=C[C@@H](OC(C)=O)[C@@](C)(O)[C@H]12. The van der Waals surface area contributed by atoms with Crippen molar-refractivity contribution in [3.8, 4) is 0 Å². The highest BCUT2D eigenvalue weighted by molar-refractivity contribution is 5.92. The number of hydrogen-bond donors (Lipinski definition) is 1. The number of carbonyl (C=O) groups is 5. The highest BCUT2D eigenvalue weighted by Crippen LogP contribution is 2.53. The molecule has 11 nitrogen and oxygen atoms in total. The molecule has 214 valence electrons. The van der Waals surface area contributed by atoms with Gasteiger partial charge >= 0.3 is 29.8 Å². The molecule has 1 aliphatic heterocycles. The summed E-state index contributed by atoms with van der Waals surface area (Å²) < 4.78 is 28.4. The molecule has 0 aromatic rings. The summed E-state index contributed by atoms with van der Waals surface area (Å²) in [6.07, 6.45) is -0.884. The van der Waals surface area contributed by atoms with Gasteiger partial charge in [-0.3, -0.25) is 19.2 Å².